The number of nitrogens with zero attached hydrogens (tertiary/aromatic N) is 1. The van der Waals surface area contributed by atoms with Crippen molar-refractivity contribution in [3.63, 3.8) is 0 Å². The summed E-state index contributed by atoms with van der Waals surface area (Å²) in [6, 6.07) is 10.2. The predicted octanol–water partition coefficient (Wildman–Crippen LogP) is 2.65. The average molecular weight is 411 g/mol. The lowest BCUT2D eigenvalue weighted by atomic mass is 10.1. The van der Waals surface area contributed by atoms with E-state index in [0.29, 0.717) is 47.8 Å². The van der Waals surface area contributed by atoms with E-state index in [1.165, 1.54) is 23.3 Å². The minimum atomic E-state index is -0.535. The van der Waals surface area contributed by atoms with Gasteiger partial charge in [0.2, 0.25) is 0 Å². The fourth-order valence-corrected chi connectivity index (χ4v) is 3.22. The van der Waals surface area contributed by atoms with Gasteiger partial charge < -0.3 is 28.6 Å². The molecule has 0 saturated heterocycles. The summed E-state index contributed by atoms with van der Waals surface area (Å²) in [7, 11) is 1.64. The summed E-state index contributed by atoms with van der Waals surface area (Å²) < 4.78 is 21.5. The first kappa shape index (κ1) is 19.6. The molecule has 1 aromatic heterocycles. The summed E-state index contributed by atoms with van der Waals surface area (Å²) in [6.45, 7) is 1.01. The van der Waals surface area contributed by atoms with Crippen LogP contribution in [-0.2, 0) is 27.3 Å². The normalized spacial score (nSPS) is 12.6. The maximum absolute atomic E-state index is 12.3. The third-order valence-corrected chi connectivity index (χ3v) is 4.78. The van der Waals surface area contributed by atoms with Crippen LogP contribution in [0.4, 0.5) is 0 Å². The number of ether oxygens (including phenoxy) is 3. The van der Waals surface area contributed by atoms with Crippen molar-refractivity contribution in [2.24, 2.45) is 0 Å². The van der Waals surface area contributed by atoms with Crippen LogP contribution < -0.4 is 9.47 Å². The smallest absolute Gasteiger partial charge is 0.310 e. The maximum atomic E-state index is 12.3. The first-order valence-electron chi connectivity index (χ1n) is 9.47. The lowest BCUT2D eigenvalue weighted by Crippen LogP contribution is -2.31. The molecule has 0 aliphatic carbocycles. The standard InChI is InChI=1S/C22H21NO7/c1-23(11-14-2-5-18-20(8-14)28-7-6-27-18)21(25)13-30-22(26)9-15-12-29-19-10-16(24)3-4-17(15)19/h2-5,8,10,12,24H,6-7,9,11,13H2,1H3. The SMILES string of the molecule is CN(Cc1ccc2c(c1)OCCO2)C(=O)COC(=O)Cc1coc2cc(O)ccc12. The molecule has 4 rings (SSSR count). The van der Waals surface area contributed by atoms with E-state index in [9.17, 15) is 14.7 Å². The Labute approximate surface area is 172 Å². The van der Waals surface area contributed by atoms with Crippen molar-refractivity contribution in [1.82, 2.24) is 4.90 Å². The van der Waals surface area contributed by atoms with Gasteiger partial charge in [-0.3, -0.25) is 9.59 Å². The highest BCUT2D eigenvalue weighted by Crippen LogP contribution is 2.31. The van der Waals surface area contributed by atoms with Crippen LogP contribution in [0.1, 0.15) is 11.1 Å². The minimum absolute atomic E-state index is 0.0308. The molecule has 8 heteroatoms. The van der Waals surface area contributed by atoms with Gasteiger partial charge in [-0.05, 0) is 29.8 Å². The van der Waals surface area contributed by atoms with Crippen molar-refractivity contribution in [2.75, 3.05) is 26.9 Å². The number of rotatable bonds is 6. The van der Waals surface area contributed by atoms with Crippen molar-refractivity contribution in [3.8, 4) is 17.2 Å². The number of hydrogen-bond acceptors (Lipinski definition) is 7. The van der Waals surface area contributed by atoms with Gasteiger partial charge in [0.05, 0.1) is 12.7 Å². The molecule has 0 unspecified atom stereocenters. The minimum Gasteiger partial charge on any atom is -0.508 e. The molecule has 0 saturated carbocycles. The second-order valence-electron chi connectivity index (χ2n) is 7.01. The van der Waals surface area contributed by atoms with Gasteiger partial charge in [-0.2, -0.15) is 0 Å². The largest absolute Gasteiger partial charge is 0.508 e. The molecule has 0 spiro atoms. The van der Waals surface area contributed by atoms with Crippen LogP contribution in [0, 0.1) is 0 Å². The second kappa shape index (κ2) is 8.36. The fraction of sp³-hybridized carbons (Fsp3) is 0.273. The summed E-state index contributed by atoms with van der Waals surface area (Å²) in [5.41, 5.74) is 2.00. The Bertz CT molecular complexity index is 1090. The van der Waals surface area contributed by atoms with Crippen molar-refractivity contribution < 1.29 is 33.3 Å². The molecule has 1 amide bonds. The number of phenolic OH excluding ortho intramolecular Hbond substituents is 1. The third kappa shape index (κ3) is 4.32. The van der Waals surface area contributed by atoms with E-state index < -0.39 is 5.97 Å². The molecule has 0 bridgehead atoms. The van der Waals surface area contributed by atoms with Gasteiger partial charge in [0.1, 0.15) is 24.5 Å². The number of amides is 1. The Kier molecular flexibility index (Phi) is 5.47. The molecule has 2 heterocycles. The molecule has 8 nitrogen and oxygen atoms in total. The summed E-state index contributed by atoms with van der Waals surface area (Å²) in [5.74, 6) is 0.575. The number of likely N-dealkylation sites (N-methyl/N-ethyl adjacent to an activating group) is 1. The number of aromatic hydroxyl groups is 1. The van der Waals surface area contributed by atoms with Gasteiger partial charge in [0.15, 0.2) is 18.1 Å². The zero-order valence-corrected chi connectivity index (χ0v) is 16.4. The van der Waals surface area contributed by atoms with Crippen LogP contribution >= 0.6 is 0 Å². The van der Waals surface area contributed by atoms with Gasteiger partial charge in [-0.15, -0.1) is 0 Å². The van der Waals surface area contributed by atoms with Crippen molar-refractivity contribution in [1.29, 1.82) is 0 Å². The molecule has 0 radical (unpaired) electrons. The maximum Gasteiger partial charge on any atom is 0.310 e. The van der Waals surface area contributed by atoms with E-state index >= 15 is 0 Å². The predicted molar refractivity (Wildman–Crippen MR) is 106 cm³/mol. The Hall–Kier alpha value is -3.68. The number of fused-ring (bicyclic) bond motifs is 2. The number of furan rings is 1. The number of carbonyl (C=O) groups is 2. The summed E-state index contributed by atoms with van der Waals surface area (Å²) in [5, 5.41) is 10.2. The molecular weight excluding hydrogens is 390 g/mol. The van der Waals surface area contributed by atoms with Crippen LogP contribution in [0.25, 0.3) is 11.0 Å². The summed E-state index contributed by atoms with van der Waals surface area (Å²) in [4.78, 5) is 26.0. The van der Waals surface area contributed by atoms with Crippen LogP contribution in [0.5, 0.6) is 17.2 Å². The van der Waals surface area contributed by atoms with E-state index in [0.717, 1.165) is 5.56 Å². The van der Waals surface area contributed by atoms with Crippen LogP contribution in [0.3, 0.4) is 0 Å². The summed E-state index contributed by atoms with van der Waals surface area (Å²) >= 11 is 0. The van der Waals surface area contributed by atoms with E-state index in [4.69, 9.17) is 18.6 Å². The van der Waals surface area contributed by atoms with Crippen molar-refractivity contribution in [3.05, 3.63) is 53.8 Å². The number of phenols is 1. The van der Waals surface area contributed by atoms with Crippen LogP contribution in [0.2, 0.25) is 0 Å². The highest BCUT2D eigenvalue weighted by molar-refractivity contribution is 5.87. The van der Waals surface area contributed by atoms with Gasteiger partial charge in [-0.25, -0.2) is 0 Å². The molecule has 1 N–H and O–H groups in total. The van der Waals surface area contributed by atoms with Crippen molar-refractivity contribution in [2.45, 2.75) is 13.0 Å². The molecule has 30 heavy (non-hydrogen) atoms. The Morgan fingerprint density at radius 2 is 1.90 bits per heavy atom. The number of benzene rings is 2. The quantitative estimate of drug-likeness (QED) is 0.623. The molecule has 3 aromatic rings. The lowest BCUT2D eigenvalue weighted by Gasteiger charge is -2.21. The van der Waals surface area contributed by atoms with Gasteiger partial charge in [0, 0.05) is 30.6 Å². The second-order valence-corrected chi connectivity index (χ2v) is 7.01. The summed E-state index contributed by atoms with van der Waals surface area (Å²) in [6.07, 6.45) is 1.41. The first-order chi connectivity index (χ1) is 14.5. The Balaban J connectivity index is 1.29. The molecule has 2 aromatic carbocycles. The lowest BCUT2D eigenvalue weighted by molar-refractivity contribution is -0.151. The zero-order chi connectivity index (χ0) is 21.1. The van der Waals surface area contributed by atoms with E-state index in [1.807, 2.05) is 18.2 Å². The number of carbonyl (C=O) groups excluding carboxylic acids is 2. The van der Waals surface area contributed by atoms with Crippen LogP contribution in [0.15, 0.2) is 47.1 Å². The molecule has 1 aliphatic heterocycles. The van der Waals surface area contributed by atoms with E-state index in [2.05, 4.69) is 0 Å². The zero-order valence-electron chi connectivity index (χ0n) is 16.4. The Morgan fingerprint density at radius 1 is 1.10 bits per heavy atom. The highest BCUT2D eigenvalue weighted by Gasteiger charge is 2.17. The molecular formula is C22H21NO7. The van der Waals surface area contributed by atoms with E-state index in [-0.39, 0.29) is 24.7 Å². The van der Waals surface area contributed by atoms with Gasteiger partial charge in [0.25, 0.3) is 5.91 Å². The topological polar surface area (TPSA) is 98.4 Å². The molecule has 0 fully saturated rings. The van der Waals surface area contributed by atoms with Crippen molar-refractivity contribution >= 4 is 22.8 Å². The van der Waals surface area contributed by atoms with Crippen LogP contribution in [-0.4, -0.2) is 48.8 Å². The molecule has 0 atom stereocenters. The monoisotopic (exact) mass is 411 g/mol. The van der Waals surface area contributed by atoms with Gasteiger partial charge in [-0.1, -0.05) is 6.07 Å². The highest BCUT2D eigenvalue weighted by atomic mass is 16.6. The fourth-order valence-electron chi connectivity index (χ4n) is 3.22. The molecule has 156 valence electrons. The average Bonchev–Trinajstić information content (AvgIpc) is 3.13. The van der Waals surface area contributed by atoms with E-state index in [1.54, 1.807) is 13.1 Å². The number of esters is 1. The Morgan fingerprint density at radius 3 is 2.73 bits per heavy atom. The van der Waals surface area contributed by atoms with Gasteiger partial charge >= 0.3 is 5.97 Å². The molecule has 1 aliphatic rings. The number of hydrogen-bond donors (Lipinski definition) is 1. The first-order valence-corrected chi connectivity index (χ1v) is 9.47. The third-order valence-electron chi connectivity index (χ3n) is 4.78.